The fraction of sp³-hybridized carbons (Fsp3) is 0.348. The fourth-order valence-electron chi connectivity index (χ4n) is 3.25. The van der Waals surface area contributed by atoms with E-state index in [1.54, 1.807) is 0 Å². The van der Waals surface area contributed by atoms with Gasteiger partial charge in [0.1, 0.15) is 0 Å². The Labute approximate surface area is 167 Å². The van der Waals surface area contributed by atoms with Crippen LogP contribution in [0.1, 0.15) is 23.6 Å². The maximum Gasteiger partial charge on any atom is 0.319 e. The molecule has 5 heteroatoms. The van der Waals surface area contributed by atoms with E-state index < -0.39 is 0 Å². The van der Waals surface area contributed by atoms with E-state index in [0.717, 1.165) is 50.5 Å². The maximum atomic E-state index is 12.4. The van der Waals surface area contributed by atoms with Crippen molar-refractivity contribution in [2.24, 2.45) is 0 Å². The second kappa shape index (κ2) is 10.5. The smallest absolute Gasteiger partial charge is 0.319 e. The number of hydrogen-bond donors (Lipinski definition) is 2. The first-order valence-electron chi connectivity index (χ1n) is 9.69. The summed E-state index contributed by atoms with van der Waals surface area (Å²) in [5.74, 6) is 2.63. The molecule has 0 saturated carbocycles. The molecule has 0 radical (unpaired) electrons. The van der Waals surface area contributed by atoms with Crippen molar-refractivity contribution in [2.75, 3.05) is 38.2 Å². The molecule has 0 bridgehead atoms. The zero-order valence-corrected chi connectivity index (χ0v) is 16.1. The minimum Gasteiger partial charge on any atom is -0.379 e. The van der Waals surface area contributed by atoms with Crippen LogP contribution in [0, 0.1) is 12.3 Å². The average Bonchev–Trinajstić information content (AvgIpc) is 2.74. The third-order valence-corrected chi connectivity index (χ3v) is 4.86. The lowest BCUT2D eigenvalue weighted by Gasteiger charge is -2.26. The van der Waals surface area contributed by atoms with Gasteiger partial charge in [-0.25, -0.2) is 4.79 Å². The van der Waals surface area contributed by atoms with Crippen LogP contribution in [0.2, 0.25) is 0 Å². The fourth-order valence-corrected chi connectivity index (χ4v) is 3.25. The molecule has 0 spiro atoms. The Morgan fingerprint density at radius 3 is 2.50 bits per heavy atom. The van der Waals surface area contributed by atoms with Crippen molar-refractivity contribution in [2.45, 2.75) is 18.9 Å². The van der Waals surface area contributed by atoms with Gasteiger partial charge in [0.15, 0.2) is 0 Å². The molecule has 2 N–H and O–H groups in total. The number of benzene rings is 2. The number of urea groups is 1. The number of anilines is 1. The standard InChI is InChI=1S/C23H27N3O2/c1-2-6-22(20-7-4-3-5-8-20)25-23(27)24-21-11-9-19(10-12-21)13-14-26-15-17-28-18-16-26/h1,3-5,7-12,22H,6,13-18H2,(H2,24,25,27)/t22-/m1/s1. The Morgan fingerprint density at radius 2 is 1.82 bits per heavy atom. The van der Waals surface area contributed by atoms with E-state index >= 15 is 0 Å². The Bertz CT molecular complexity index is 778. The molecule has 1 atom stereocenters. The normalized spacial score (nSPS) is 15.4. The van der Waals surface area contributed by atoms with Gasteiger partial charge in [0.05, 0.1) is 19.3 Å². The zero-order valence-electron chi connectivity index (χ0n) is 16.1. The number of nitrogens with zero attached hydrogens (tertiary/aromatic N) is 1. The number of amides is 2. The lowest BCUT2D eigenvalue weighted by Crippen LogP contribution is -2.37. The van der Waals surface area contributed by atoms with E-state index in [4.69, 9.17) is 11.2 Å². The van der Waals surface area contributed by atoms with E-state index in [-0.39, 0.29) is 12.1 Å². The van der Waals surface area contributed by atoms with Crippen molar-refractivity contribution in [1.29, 1.82) is 0 Å². The van der Waals surface area contributed by atoms with Gasteiger partial charge in [-0.15, -0.1) is 12.3 Å². The highest BCUT2D eigenvalue weighted by Crippen LogP contribution is 2.17. The van der Waals surface area contributed by atoms with Crippen molar-refractivity contribution in [3.8, 4) is 12.3 Å². The van der Waals surface area contributed by atoms with E-state index in [1.807, 2.05) is 42.5 Å². The maximum absolute atomic E-state index is 12.4. The van der Waals surface area contributed by atoms with Gasteiger partial charge >= 0.3 is 6.03 Å². The number of carbonyl (C=O) groups is 1. The number of morpholine rings is 1. The first-order valence-corrected chi connectivity index (χ1v) is 9.69. The number of hydrogen-bond acceptors (Lipinski definition) is 3. The van der Waals surface area contributed by atoms with Crippen LogP contribution in [0.3, 0.4) is 0 Å². The first-order chi connectivity index (χ1) is 13.7. The molecule has 1 aliphatic rings. The molecule has 1 saturated heterocycles. The summed E-state index contributed by atoms with van der Waals surface area (Å²) < 4.78 is 5.38. The molecule has 1 heterocycles. The summed E-state index contributed by atoms with van der Waals surface area (Å²) >= 11 is 0. The molecule has 28 heavy (non-hydrogen) atoms. The molecular weight excluding hydrogens is 350 g/mol. The molecule has 0 unspecified atom stereocenters. The van der Waals surface area contributed by atoms with Gasteiger partial charge in [-0.3, -0.25) is 4.90 Å². The average molecular weight is 377 g/mol. The number of ether oxygens (including phenoxy) is 1. The van der Waals surface area contributed by atoms with Gasteiger partial charge in [-0.2, -0.15) is 0 Å². The lowest BCUT2D eigenvalue weighted by molar-refractivity contribution is 0.0384. The first kappa shape index (κ1) is 19.9. The van der Waals surface area contributed by atoms with Gasteiger partial charge in [0, 0.05) is 31.7 Å². The summed E-state index contributed by atoms with van der Waals surface area (Å²) in [4.78, 5) is 14.8. The summed E-state index contributed by atoms with van der Waals surface area (Å²) in [5, 5.41) is 5.84. The Hall–Kier alpha value is -2.81. The Kier molecular flexibility index (Phi) is 7.48. The number of terminal acetylenes is 1. The summed E-state index contributed by atoms with van der Waals surface area (Å²) in [6, 6.07) is 17.3. The quantitative estimate of drug-likeness (QED) is 0.727. The number of nitrogens with one attached hydrogen (secondary N) is 2. The summed E-state index contributed by atoms with van der Waals surface area (Å²) in [6.45, 7) is 4.67. The van der Waals surface area contributed by atoms with Crippen LogP contribution in [0.25, 0.3) is 0 Å². The SMILES string of the molecule is C#CC[C@@H](NC(=O)Nc1ccc(CCN2CCOCC2)cc1)c1ccccc1. The van der Waals surface area contributed by atoms with Crippen LogP contribution in [0.15, 0.2) is 54.6 Å². The highest BCUT2D eigenvalue weighted by molar-refractivity contribution is 5.89. The second-order valence-corrected chi connectivity index (χ2v) is 6.87. The predicted octanol–water partition coefficient (Wildman–Crippen LogP) is 3.45. The minimum absolute atomic E-state index is 0.209. The molecule has 1 fully saturated rings. The molecule has 1 aliphatic heterocycles. The van der Waals surface area contributed by atoms with Crippen molar-refractivity contribution >= 4 is 11.7 Å². The van der Waals surface area contributed by atoms with Gasteiger partial charge in [-0.05, 0) is 29.7 Å². The molecular formula is C23H27N3O2. The van der Waals surface area contributed by atoms with E-state index in [9.17, 15) is 4.79 Å². The van der Waals surface area contributed by atoms with E-state index in [1.165, 1.54) is 5.56 Å². The third-order valence-electron chi connectivity index (χ3n) is 4.86. The Morgan fingerprint density at radius 1 is 1.11 bits per heavy atom. The van der Waals surface area contributed by atoms with Gasteiger partial charge in [0.2, 0.25) is 0 Å². The highest BCUT2D eigenvalue weighted by Gasteiger charge is 2.13. The summed E-state index contributed by atoms with van der Waals surface area (Å²) in [7, 11) is 0. The molecule has 2 aromatic rings. The van der Waals surface area contributed by atoms with Crippen LogP contribution in [0.5, 0.6) is 0 Å². The predicted molar refractivity (Wildman–Crippen MR) is 112 cm³/mol. The van der Waals surface area contributed by atoms with Crippen LogP contribution < -0.4 is 10.6 Å². The topological polar surface area (TPSA) is 53.6 Å². The van der Waals surface area contributed by atoms with Crippen molar-refractivity contribution in [3.05, 3.63) is 65.7 Å². The largest absolute Gasteiger partial charge is 0.379 e. The lowest BCUT2D eigenvalue weighted by atomic mass is 10.0. The molecule has 5 nitrogen and oxygen atoms in total. The van der Waals surface area contributed by atoms with Gasteiger partial charge in [0.25, 0.3) is 0 Å². The second-order valence-electron chi connectivity index (χ2n) is 6.87. The Balaban J connectivity index is 1.50. The van der Waals surface area contributed by atoms with Crippen molar-refractivity contribution in [3.63, 3.8) is 0 Å². The molecule has 2 amide bonds. The molecule has 3 rings (SSSR count). The van der Waals surface area contributed by atoms with Gasteiger partial charge < -0.3 is 15.4 Å². The monoisotopic (exact) mass is 377 g/mol. The number of carbonyl (C=O) groups excluding carboxylic acids is 1. The van der Waals surface area contributed by atoms with Crippen LogP contribution in [-0.2, 0) is 11.2 Å². The van der Waals surface area contributed by atoms with Crippen LogP contribution >= 0.6 is 0 Å². The van der Waals surface area contributed by atoms with Crippen molar-refractivity contribution < 1.29 is 9.53 Å². The zero-order chi connectivity index (χ0) is 19.6. The molecule has 2 aromatic carbocycles. The van der Waals surface area contributed by atoms with Crippen molar-refractivity contribution in [1.82, 2.24) is 10.2 Å². The molecule has 146 valence electrons. The van der Waals surface area contributed by atoms with Crippen LogP contribution in [-0.4, -0.2) is 43.8 Å². The number of rotatable bonds is 7. The summed E-state index contributed by atoms with van der Waals surface area (Å²) in [5.41, 5.74) is 3.01. The third kappa shape index (κ3) is 6.12. The molecule has 0 aromatic heterocycles. The van der Waals surface area contributed by atoms with Gasteiger partial charge in [-0.1, -0.05) is 42.5 Å². The van der Waals surface area contributed by atoms with E-state index in [0.29, 0.717) is 6.42 Å². The highest BCUT2D eigenvalue weighted by atomic mass is 16.5. The molecule has 0 aliphatic carbocycles. The minimum atomic E-state index is -0.259. The van der Waals surface area contributed by atoms with Crippen LogP contribution in [0.4, 0.5) is 10.5 Å². The summed E-state index contributed by atoms with van der Waals surface area (Å²) in [6.07, 6.45) is 6.90. The van der Waals surface area contributed by atoms with E-state index in [2.05, 4.69) is 33.6 Å².